The Hall–Kier alpha value is -0.830. The lowest BCUT2D eigenvalue weighted by Crippen LogP contribution is -2.16. The van der Waals surface area contributed by atoms with Crippen LogP contribution in [0.2, 0.25) is 0 Å². The van der Waals surface area contributed by atoms with Crippen molar-refractivity contribution in [1.29, 1.82) is 0 Å². The zero-order valence-electron chi connectivity index (χ0n) is 10.4. The Balaban J connectivity index is 2.65. The van der Waals surface area contributed by atoms with Crippen LogP contribution in [0, 0.1) is 15.2 Å². The van der Waals surface area contributed by atoms with E-state index in [2.05, 4.69) is 25.9 Å². The maximum atomic E-state index is 13.6. The number of aryl methyl sites for hydroxylation is 1. The van der Waals surface area contributed by atoms with Crippen molar-refractivity contribution >= 4 is 38.5 Å². The maximum absolute atomic E-state index is 13.6. The van der Waals surface area contributed by atoms with E-state index in [0.717, 1.165) is 12.5 Å². The van der Waals surface area contributed by atoms with Gasteiger partial charge in [-0.05, 0) is 57.1 Å². The Morgan fingerprint density at radius 3 is 2.75 bits per heavy atom. The molecule has 0 saturated carbocycles. The zero-order valence-corrected chi connectivity index (χ0v) is 14.2. The predicted octanol–water partition coefficient (Wildman–Crippen LogP) is 4.03. The monoisotopic (exact) mass is 454 g/mol. The summed E-state index contributed by atoms with van der Waals surface area (Å²) in [7, 11) is 0. The molecule has 2 rings (SSSR count). The van der Waals surface area contributed by atoms with Crippen LogP contribution in [-0.4, -0.2) is 9.97 Å². The number of aromatic nitrogens is 2. The van der Waals surface area contributed by atoms with Gasteiger partial charge in [0.15, 0.2) is 11.6 Å². The van der Waals surface area contributed by atoms with Crippen molar-refractivity contribution in [2.75, 3.05) is 0 Å². The van der Waals surface area contributed by atoms with E-state index in [1.807, 2.05) is 29.5 Å². The Morgan fingerprint density at radius 1 is 1.40 bits per heavy atom. The van der Waals surface area contributed by atoms with E-state index >= 15 is 0 Å². The van der Waals surface area contributed by atoms with Gasteiger partial charge < -0.3 is 4.98 Å². The van der Waals surface area contributed by atoms with Crippen molar-refractivity contribution in [3.05, 3.63) is 47.9 Å². The van der Waals surface area contributed by atoms with E-state index in [0.29, 0.717) is 21.2 Å². The second-order valence-electron chi connectivity index (χ2n) is 4.15. The highest BCUT2D eigenvalue weighted by atomic mass is 127. The molecule has 0 bridgehead atoms. The summed E-state index contributed by atoms with van der Waals surface area (Å²) in [5, 5.41) is 0. The van der Waals surface area contributed by atoms with E-state index < -0.39 is 11.6 Å². The third kappa shape index (κ3) is 2.93. The van der Waals surface area contributed by atoms with Gasteiger partial charge in [0.1, 0.15) is 5.82 Å². The molecule has 1 aromatic heterocycles. The van der Waals surface area contributed by atoms with Gasteiger partial charge in [0.25, 0.3) is 5.56 Å². The summed E-state index contributed by atoms with van der Waals surface area (Å²) < 4.78 is 27.2. The number of nitrogens with zero attached hydrogens (tertiary/aromatic N) is 1. The maximum Gasteiger partial charge on any atom is 0.264 e. The average Bonchev–Trinajstić information content (AvgIpc) is 2.41. The summed E-state index contributed by atoms with van der Waals surface area (Å²) in [6.45, 7) is 1.98. The van der Waals surface area contributed by atoms with E-state index in [1.165, 1.54) is 6.07 Å². The number of rotatable bonds is 3. The quantitative estimate of drug-likeness (QED) is 0.562. The van der Waals surface area contributed by atoms with Crippen LogP contribution in [-0.2, 0) is 6.42 Å². The molecular weight excluding hydrogens is 445 g/mol. The summed E-state index contributed by atoms with van der Waals surface area (Å²) in [4.78, 5) is 18.8. The Kier molecular flexibility index (Phi) is 4.90. The molecular formula is C13H10BrF2IN2O. The van der Waals surface area contributed by atoms with Crippen LogP contribution in [0.3, 0.4) is 0 Å². The van der Waals surface area contributed by atoms with E-state index in [9.17, 15) is 13.6 Å². The molecule has 0 amide bonds. The molecule has 1 N–H and O–H groups in total. The molecule has 0 radical (unpaired) electrons. The highest BCUT2D eigenvalue weighted by molar-refractivity contribution is 14.1. The highest BCUT2D eigenvalue weighted by Crippen LogP contribution is 2.29. The van der Waals surface area contributed by atoms with Gasteiger partial charge >= 0.3 is 0 Å². The first-order valence-corrected chi connectivity index (χ1v) is 7.75. The molecule has 3 nitrogen and oxygen atoms in total. The summed E-state index contributed by atoms with van der Waals surface area (Å²) in [6.07, 6.45) is 1.49. The van der Waals surface area contributed by atoms with Gasteiger partial charge in [-0.1, -0.05) is 13.3 Å². The minimum Gasteiger partial charge on any atom is -0.306 e. The van der Waals surface area contributed by atoms with Crippen LogP contribution in [0.1, 0.15) is 19.0 Å². The van der Waals surface area contributed by atoms with Crippen LogP contribution in [0.15, 0.2) is 21.4 Å². The fraction of sp³-hybridized carbons (Fsp3) is 0.231. The molecule has 0 fully saturated rings. The molecule has 2 aromatic rings. The van der Waals surface area contributed by atoms with Gasteiger partial charge in [-0.15, -0.1) is 0 Å². The van der Waals surface area contributed by atoms with Crippen LogP contribution in [0.5, 0.6) is 0 Å². The Labute approximate surface area is 136 Å². The number of hydrogen-bond donors (Lipinski definition) is 1. The van der Waals surface area contributed by atoms with Crippen LogP contribution >= 0.6 is 38.5 Å². The van der Waals surface area contributed by atoms with Crippen LogP contribution < -0.4 is 5.56 Å². The van der Waals surface area contributed by atoms with Crippen molar-refractivity contribution in [1.82, 2.24) is 9.97 Å². The SMILES string of the molecule is CCCc1nc(-c2ccc(F)c(F)c2Br)[nH]c(=O)c1I. The van der Waals surface area contributed by atoms with Crippen LogP contribution in [0.25, 0.3) is 11.4 Å². The van der Waals surface area contributed by atoms with E-state index in [1.54, 1.807) is 0 Å². The summed E-state index contributed by atoms with van der Waals surface area (Å²) in [6, 6.07) is 2.39. The number of aromatic amines is 1. The van der Waals surface area contributed by atoms with Crippen molar-refractivity contribution in [3.63, 3.8) is 0 Å². The summed E-state index contributed by atoms with van der Waals surface area (Å²) >= 11 is 4.93. The molecule has 0 unspecified atom stereocenters. The lowest BCUT2D eigenvalue weighted by molar-refractivity contribution is 0.504. The van der Waals surface area contributed by atoms with E-state index in [4.69, 9.17) is 0 Å². The first-order valence-electron chi connectivity index (χ1n) is 5.88. The Bertz CT molecular complexity index is 718. The lowest BCUT2D eigenvalue weighted by atomic mass is 10.2. The zero-order chi connectivity index (χ0) is 14.9. The number of halogens is 4. The van der Waals surface area contributed by atoms with Crippen molar-refractivity contribution in [2.45, 2.75) is 19.8 Å². The minimum atomic E-state index is -0.999. The van der Waals surface area contributed by atoms with Gasteiger partial charge in [0.05, 0.1) is 13.7 Å². The van der Waals surface area contributed by atoms with Gasteiger partial charge in [-0.25, -0.2) is 13.8 Å². The molecule has 20 heavy (non-hydrogen) atoms. The smallest absolute Gasteiger partial charge is 0.264 e. The summed E-state index contributed by atoms with van der Waals surface area (Å²) in [5.74, 6) is -1.73. The number of hydrogen-bond acceptors (Lipinski definition) is 2. The molecule has 0 spiro atoms. The van der Waals surface area contributed by atoms with Crippen molar-refractivity contribution in [2.24, 2.45) is 0 Å². The summed E-state index contributed by atoms with van der Waals surface area (Å²) in [5.41, 5.74) is 0.689. The highest BCUT2D eigenvalue weighted by Gasteiger charge is 2.16. The molecule has 1 heterocycles. The molecule has 106 valence electrons. The number of nitrogens with one attached hydrogen (secondary N) is 1. The Morgan fingerprint density at radius 2 is 2.10 bits per heavy atom. The van der Waals surface area contributed by atoms with Crippen molar-refractivity contribution < 1.29 is 8.78 Å². The fourth-order valence-electron chi connectivity index (χ4n) is 1.74. The first kappa shape index (κ1) is 15.6. The molecule has 0 atom stereocenters. The predicted molar refractivity (Wildman–Crippen MR) is 84.6 cm³/mol. The lowest BCUT2D eigenvalue weighted by Gasteiger charge is -2.08. The average molecular weight is 455 g/mol. The van der Waals surface area contributed by atoms with E-state index in [-0.39, 0.29) is 15.9 Å². The molecule has 0 aliphatic rings. The normalized spacial score (nSPS) is 10.8. The van der Waals surface area contributed by atoms with Gasteiger partial charge in [0, 0.05) is 5.56 Å². The van der Waals surface area contributed by atoms with Gasteiger partial charge in [-0.3, -0.25) is 4.79 Å². The largest absolute Gasteiger partial charge is 0.306 e. The number of benzene rings is 1. The first-order chi connectivity index (χ1) is 9.45. The second kappa shape index (κ2) is 6.30. The van der Waals surface area contributed by atoms with Gasteiger partial charge in [0.2, 0.25) is 0 Å². The minimum absolute atomic E-state index is 0.0516. The topological polar surface area (TPSA) is 45.8 Å². The second-order valence-corrected chi connectivity index (χ2v) is 6.02. The third-order valence-electron chi connectivity index (χ3n) is 2.71. The van der Waals surface area contributed by atoms with Gasteiger partial charge in [-0.2, -0.15) is 0 Å². The molecule has 0 saturated heterocycles. The molecule has 7 heteroatoms. The fourth-order valence-corrected chi connectivity index (χ4v) is 2.78. The number of H-pyrrole nitrogens is 1. The molecule has 0 aliphatic heterocycles. The molecule has 1 aromatic carbocycles. The van der Waals surface area contributed by atoms with Crippen LogP contribution in [0.4, 0.5) is 8.78 Å². The van der Waals surface area contributed by atoms with Crippen molar-refractivity contribution in [3.8, 4) is 11.4 Å². The third-order valence-corrected chi connectivity index (χ3v) is 4.60. The molecule has 0 aliphatic carbocycles. The standard InChI is InChI=1S/C13H10BrF2IN2O/c1-2-3-8-11(17)13(20)19-12(18-8)6-4-5-7(15)10(16)9(6)14/h4-5H,2-3H2,1H3,(H,18,19,20).